The van der Waals surface area contributed by atoms with Gasteiger partial charge in [0.1, 0.15) is 5.75 Å². The predicted octanol–water partition coefficient (Wildman–Crippen LogP) is 11.7. The lowest BCUT2D eigenvalue weighted by molar-refractivity contribution is 0.463. The van der Waals surface area contributed by atoms with Gasteiger partial charge in [0, 0.05) is 33.3 Å². The first-order valence-electron chi connectivity index (χ1n) is 16.2. The highest BCUT2D eigenvalue weighted by atomic mass is 32.2. The van der Waals surface area contributed by atoms with Crippen LogP contribution in [0.25, 0.3) is 67.2 Å². The number of para-hydroxylation sites is 1. The summed E-state index contributed by atoms with van der Waals surface area (Å²) < 4.78 is 6.73. The van der Waals surface area contributed by atoms with Crippen LogP contribution in [0.15, 0.2) is 161 Å². The lowest BCUT2D eigenvalue weighted by atomic mass is 9.93. The summed E-state index contributed by atoms with van der Waals surface area (Å²) in [7, 11) is 0. The van der Waals surface area contributed by atoms with Gasteiger partial charge in [-0.2, -0.15) is 0 Å². The molecule has 2 aliphatic heterocycles. The second kappa shape index (κ2) is 11.2. The average molecular weight is 647 g/mol. The highest BCUT2D eigenvalue weighted by Crippen LogP contribution is 2.56. The summed E-state index contributed by atoms with van der Waals surface area (Å²) in [6, 6.07) is 52.4. The fourth-order valence-electron chi connectivity index (χ4n) is 6.74. The highest BCUT2D eigenvalue weighted by molar-refractivity contribution is 7.99. The fraction of sp³-hybridized carbons (Fsp3) is 0. The zero-order valence-corrected chi connectivity index (χ0v) is 26.9. The number of benzene rings is 7. The second-order valence-corrected chi connectivity index (χ2v) is 13.2. The monoisotopic (exact) mass is 646 g/mol. The average Bonchev–Trinajstić information content (AvgIpc) is 3.23. The molecule has 0 radical (unpaired) electrons. The zero-order chi connectivity index (χ0) is 32.3. The van der Waals surface area contributed by atoms with Gasteiger partial charge < -0.3 is 10.1 Å². The Kier molecular flexibility index (Phi) is 6.35. The molecule has 7 aromatic carbocycles. The molecule has 6 heteroatoms. The van der Waals surface area contributed by atoms with Gasteiger partial charge in [0.15, 0.2) is 23.2 Å². The number of aromatic nitrogens is 3. The Morgan fingerprint density at radius 2 is 1.06 bits per heavy atom. The van der Waals surface area contributed by atoms with Crippen LogP contribution in [-0.2, 0) is 0 Å². The number of nitrogens with zero attached hydrogens (tertiary/aromatic N) is 3. The van der Waals surface area contributed by atoms with Crippen molar-refractivity contribution in [1.82, 2.24) is 15.0 Å². The molecule has 5 nitrogen and oxygen atoms in total. The maximum absolute atomic E-state index is 6.73. The smallest absolute Gasteiger partial charge is 0.164 e. The number of hydrogen-bond donors (Lipinski definition) is 1. The molecule has 0 saturated carbocycles. The highest BCUT2D eigenvalue weighted by Gasteiger charge is 2.27. The maximum Gasteiger partial charge on any atom is 0.164 e. The van der Waals surface area contributed by atoms with Crippen molar-refractivity contribution < 1.29 is 4.74 Å². The molecule has 8 aromatic rings. The van der Waals surface area contributed by atoms with Crippen molar-refractivity contribution >= 4 is 33.9 Å². The summed E-state index contributed by atoms with van der Waals surface area (Å²) in [6.45, 7) is 0. The summed E-state index contributed by atoms with van der Waals surface area (Å²) >= 11 is 1.76. The first kappa shape index (κ1) is 27.8. The number of anilines is 2. The van der Waals surface area contributed by atoms with Gasteiger partial charge in [0.25, 0.3) is 0 Å². The van der Waals surface area contributed by atoms with Crippen LogP contribution >= 0.6 is 11.8 Å². The maximum atomic E-state index is 6.73. The molecular formula is C43H26N4OS. The van der Waals surface area contributed by atoms with E-state index >= 15 is 0 Å². The van der Waals surface area contributed by atoms with Gasteiger partial charge in [-0.05, 0) is 52.4 Å². The number of rotatable bonds is 4. The third-order valence-corrected chi connectivity index (χ3v) is 10.2. The summed E-state index contributed by atoms with van der Waals surface area (Å²) in [5.74, 6) is 3.70. The molecule has 3 heterocycles. The molecule has 49 heavy (non-hydrogen) atoms. The Balaban J connectivity index is 1.12. The topological polar surface area (TPSA) is 59.9 Å². The van der Waals surface area contributed by atoms with Crippen molar-refractivity contribution in [2.75, 3.05) is 5.32 Å². The second-order valence-electron chi connectivity index (χ2n) is 12.1. The Bertz CT molecular complexity index is 2530. The van der Waals surface area contributed by atoms with Gasteiger partial charge in [-0.15, -0.1) is 0 Å². The van der Waals surface area contributed by atoms with E-state index in [-0.39, 0.29) is 0 Å². The number of nitrogens with one attached hydrogen (secondary N) is 1. The third kappa shape index (κ3) is 4.76. The van der Waals surface area contributed by atoms with Gasteiger partial charge in [0.05, 0.1) is 15.5 Å². The normalized spacial score (nSPS) is 12.3. The van der Waals surface area contributed by atoms with E-state index in [0.717, 1.165) is 82.4 Å². The largest absolute Gasteiger partial charge is 0.452 e. The lowest BCUT2D eigenvalue weighted by Gasteiger charge is -2.23. The molecular weight excluding hydrogens is 621 g/mol. The zero-order valence-electron chi connectivity index (χ0n) is 26.1. The van der Waals surface area contributed by atoms with E-state index in [1.54, 1.807) is 11.8 Å². The molecule has 0 saturated heterocycles. The Morgan fingerprint density at radius 1 is 0.429 bits per heavy atom. The van der Waals surface area contributed by atoms with Crippen molar-refractivity contribution in [3.63, 3.8) is 0 Å². The van der Waals surface area contributed by atoms with Gasteiger partial charge in [0.2, 0.25) is 0 Å². The van der Waals surface area contributed by atoms with Crippen LogP contribution in [0.4, 0.5) is 11.4 Å². The van der Waals surface area contributed by atoms with E-state index in [2.05, 4.69) is 96.3 Å². The molecule has 2 bridgehead atoms. The van der Waals surface area contributed by atoms with Crippen molar-refractivity contribution in [2.45, 2.75) is 9.79 Å². The van der Waals surface area contributed by atoms with Crippen LogP contribution in [0.1, 0.15) is 0 Å². The van der Waals surface area contributed by atoms with Gasteiger partial charge in [-0.3, -0.25) is 0 Å². The SMILES string of the molecule is c1ccc(-c2nc(-c3ccccc3)nc(-c3cccc(-c4ccc5c(c4)Nc4cccc6c4Oc4c(ccc7cccc-5c47)S6)c3)n2)cc1. The first-order chi connectivity index (χ1) is 24.2. The first-order valence-corrected chi connectivity index (χ1v) is 17.0. The Morgan fingerprint density at radius 3 is 1.84 bits per heavy atom. The van der Waals surface area contributed by atoms with Crippen LogP contribution < -0.4 is 10.1 Å². The molecule has 10 rings (SSSR count). The fourth-order valence-corrected chi connectivity index (χ4v) is 7.74. The van der Waals surface area contributed by atoms with Crippen molar-refractivity contribution in [2.24, 2.45) is 0 Å². The van der Waals surface area contributed by atoms with E-state index in [0.29, 0.717) is 17.5 Å². The predicted molar refractivity (Wildman–Crippen MR) is 198 cm³/mol. The quantitative estimate of drug-likeness (QED) is 0.205. The summed E-state index contributed by atoms with van der Waals surface area (Å²) in [4.78, 5) is 17.0. The molecule has 0 aliphatic carbocycles. The molecule has 230 valence electrons. The number of ether oxygens (including phenoxy) is 1. The minimum atomic E-state index is 0.629. The van der Waals surface area contributed by atoms with Crippen LogP contribution in [0, 0.1) is 0 Å². The summed E-state index contributed by atoms with van der Waals surface area (Å²) in [5.41, 5.74) is 9.18. The minimum absolute atomic E-state index is 0.629. The summed E-state index contributed by atoms with van der Waals surface area (Å²) in [5, 5.41) is 6.05. The van der Waals surface area contributed by atoms with E-state index in [4.69, 9.17) is 19.7 Å². The van der Waals surface area contributed by atoms with Crippen LogP contribution in [0.2, 0.25) is 0 Å². The van der Waals surface area contributed by atoms with Crippen molar-refractivity contribution in [1.29, 1.82) is 0 Å². The molecule has 1 aromatic heterocycles. The van der Waals surface area contributed by atoms with Gasteiger partial charge in [-0.1, -0.05) is 133 Å². The standard InChI is InChI=1S/C43H26N4OS/c1-3-10-27(11-4-1)41-45-42(28-12-5-2-6-13-28)47-43(46-41)31-16-7-15-29(24-31)30-20-22-32-33-17-8-14-26-21-23-37-40(38(26)33)48-39-34(44-35(32)25-30)18-9-19-36(39)49-37/h1-25,44H. The molecule has 0 unspecified atom stereocenters. The summed E-state index contributed by atoms with van der Waals surface area (Å²) in [6.07, 6.45) is 0. The molecule has 0 fully saturated rings. The van der Waals surface area contributed by atoms with Crippen molar-refractivity contribution in [3.8, 4) is 67.9 Å². The van der Waals surface area contributed by atoms with E-state index < -0.39 is 0 Å². The molecule has 2 aliphatic rings. The van der Waals surface area contributed by atoms with Crippen LogP contribution in [0.5, 0.6) is 11.5 Å². The third-order valence-electron chi connectivity index (χ3n) is 9.10. The van der Waals surface area contributed by atoms with E-state index in [1.165, 1.54) is 0 Å². The number of hydrogen-bond acceptors (Lipinski definition) is 6. The molecule has 0 spiro atoms. The Hall–Kier alpha value is -6.24. The van der Waals surface area contributed by atoms with E-state index in [1.807, 2.05) is 60.7 Å². The van der Waals surface area contributed by atoms with E-state index in [9.17, 15) is 0 Å². The molecule has 0 atom stereocenters. The van der Waals surface area contributed by atoms with Crippen molar-refractivity contribution in [3.05, 3.63) is 152 Å². The Labute approximate surface area is 287 Å². The molecule has 1 N–H and O–H groups in total. The number of fused-ring (bicyclic) bond motifs is 2. The van der Waals surface area contributed by atoms with Gasteiger partial charge in [-0.25, -0.2) is 15.0 Å². The minimum Gasteiger partial charge on any atom is -0.452 e. The van der Waals surface area contributed by atoms with Gasteiger partial charge >= 0.3 is 0 Å². The van der Waals surface area contributed by atoms with Crippen LogP contribution in [-0.4, -0.2) is 15.0 Å². The lowest BCUT2D eigenvalue weighted by Crippen LogP contribution is -2.00. The molecule has 0 amide bonds. The van der Waals surface area contributed by atoms with Crippen LogP contribution in [0.3, 0.4) is 0 Å².